The maximum absolute atomic E-state index is 12.1. The summed E-state index contributed by atoms with van der Waals surface area (Å²) in [6, 6.07) is 3.28. The lowest BCUT2D eigenvalue weighted by Gasteiger charge is -2.30. The van der Waals surface area contributed by atoms with Gasteiger partial charge in [0.2, 0.25) is 5.09 Å². The number of rotatable bonds is 6. The first-order chi connectivity index (χ1) is 12.4. The largest absolute Gasteiger partial charge is 0.447 e. The highest BCUT2D eigenvalue weighted by Crippen LogP contribution is 2.38. The summed E-state index contributed by atoms with van der Waals surface area (Å²) >= 11 is 0. The molecular formula is C17H25N5O3S. The molecule has 2 fully saturated rings. The summed E-state index contributed by atoms with van der Waals surface area (Å²) in [5.74, 6) is 3.50. The Kier molecular flexibility index (Phi) is 4.62. The minimum absolute atomic E-state index is 0.00546. The SMILES string of the molecule is CN(C)S(=O)(=O)c1ccc(CN2CCCC(c3n[nH]c(C4CC4)n3)C2)o1. The molecule has 1 aliphatic carbocycles. The minimum atomic E-state index is -3.53. The molecule has 2 aromatic rings. The third kappa shape index (κ3) is 3.56. The maximum atomic E-state index is 12.1. The second-order valence-corrected chi connectivity index (χ2v) is 9.52. The average molecular weight is 379 g/mol. The van der Waals surface area contributed by atoms with Crippen LogP contribution in [0.1, 0.15) is 54.9 Å². The van der Waals surface area contributed by atoms with E-state index in [2.05, 4.69) is 15.1 Å². The summed E-state index contributed by atoms with van der Waals surface area (Å²) < 4.78 is 31.0. The Hall–Kier alpha value is -1.71. The van der Waals surface area contributed by atoms with E-state index in [-0.39, 0.29) is 5.09 Å². The van der Waals surface area contributed by atoms with Gasteiger partial charge in [0.1, 0.15) is 11.6 Å². The van der Waals surface area contributed by atoms with Crippen LogP contribution in [0.2, 0.25) is 0 Å². The molecule has 1 unspecified atom stereocenters. The summed E-state index contributed by atoms with van der Waals surface area (Å²) in [6.45, 7) is 2.42. The van der Waals surface area contributed by atoms with Gasteiger partial charge in [0.15, 0.2) is 5.82 Å². The van der Waals surface area contributed by atoms with Gasteiger partial charge in [-0.15, -0.1) is 0 Å². The minimum Gasteiger partial charge on any atom is -0.447 e. The molecule has 2 aromatic heterocycles. The van der Waals surface area contributed by atoms with Gasteiger partial charge in [-0.2, -0.15) is 5.10 Å². The summed E-state index contributed by atoms with van der Waals surface area (Å²) in [6.07, 6.45) is 4.57. The van der Waals surface area contributed by atoms with E-state index in [9.17, 15) is 8.42 Å². The lowest BCUT2D eigenvalue weighted by atomic mass is 9.97. The van der Waals surface area contributed by atoms with E-state index in [1.807, 2.05) is 0 Å². The van der Waals surface area contributed by atoms with Gasteiger partial charge in [-0.3, -0.25) is 10.00 Å². The van der Waals surface area contributed by atoms with Crippen molar-refractivity contribution in [2.45, 2.75) is 49.2 Å². The van der Waals surface area contributed by atoms with E-state index in [0.717, 1.165) is 41.9 Å². The number of piperidine rings is 1. The molecule has 0 radical (unpaired) electrons. The van der Waals surface area contributed by atoms with Crippen LogP contribution >= 0.6 is 0 Å². The highest BCUT2D eigenvalue weighted by atomic mass is 32.2. The van der Waals surface area contributed by atoms with Crippen molar-refractivity contribution in [2.75, 3.05) is 27.2 Å². The lowest BCUT2D eigenvalue weighted by molar-refractivity contribution is 0.180. The molecule has 1 N–H and O–H groups in total. The fraction of sp³-hybridized carbons (Fsp3) is 0.647. The molecule has 4 rings (SSSR count). The third-order valence-corrected chi connectivity index (χ3v) is 6.80. The smallest absolute Gasteiger partial charge is 0.275 e. The van der Waals surface area contributed by atoms with Crippen LogP contribution in [0.5, 0.6) is 0 Å². The van der Waals surface area contributed by atoms with Crippen LogP contribution in [0.3, 0.4) is 0 Å². The number of hydrogen-bond donors (Lipinski definition) is 1. The summed E-state index contributed by atoms with van der Waals surface area (Å²) in [5.41, 5.74) is 0. The van der Waals surface area contributed by atoms with E-state index in [0.29, 0.717) is 24.1 Å². The zero-order chi connectivity index (χ0) is 18.3. The number of aromatic amines is 1. The monoisotopic (exact) mass is 379 g/mol. The number of aromatic nitrogens is 3. The number of nitrogens with one attached hydrogen (secondary N) is 1. The quantitative estimate of drug-likeness (QED) is 0.824. The molecule has 1 saturated carbocycles. The molecule has 0 aromatic carbocycles. The van der Waals surface area contributed by atoms with Crippen LogP contribution in [-0.2, 0) is 16.6 Å². The van der Waals surface area contributed by atoms with Gasteiger partial charge in [-0.1, -0.05) is 0 Å². The van der Waals surface area contributed by atoms with E-state index >= 15 is 0 Å². The highest BCUT2D eigenvalue weighted by molar-refractivity contribution is 7.88. The first kappa shape index (κ1) is 17.7. The zero-order valence-corrected chi connectivity index (χ0v) is 16.0. The van der Waals surface area contributed by atoms with Gasteiger partial charge < -0.3 is 4.42 Å². The molecule has 2 aliphatic rings. The molecule has 8 nitrogen and oxygen atoms in total. The maximum Gasteiger partial charge on any atom is 0.275 e. The topological polar surface area (TPSA) is 95.3 Å². The lowest BCUT2D eigenvalue weighted by Crippen LogP contribution is -2.34. The average Bonchev–Trinajstić information content (AvgIpc) is 3.15. The van der Waals surface area contributed by atoms with E-state index in [1.165, 1.54) is 33.0 Å². The number of H-pyrrole nitrogens is 1. The molecule has 1 saturated heterocycles. The Bertz CT molecular complexity index is 869. The van der Waals surface area contributed by atoms with E-state index < -0.39 is 10.0 Å². The molecule has 9 heteroatoms. The van der Waals surface area contributed by atoms with Crippen molar-refractivity contribution >= 4 is 10.0 Å². The molecule has 26 heavy (non-hydrogen) atoms. The Morgan fingerprint density at radius 2 is 2.08 bits per heavy atom. The molecule has 3 heterocycles. The van der Waals surface area contributed by atoms with Gasteiger partial charge in [0, 0.05) is 32.5 Å². The van der Waals surface area contributed by atoms with Gasteiger partial charge in [-0.25, -0.2) is 17.7 Å². The normalized spacial score (nSPS) is 22.2. The second kappa shape index (κ2) is 6.79. The number of likely N-dealkylation sites (tertiary alicyclic amines) is 1. The number of hydrogen-bond acceptors (Lipinski definition) is 6. The van der Waals surface area contributed by atoms with Crippen LogP contribution in [-0.4, -0.2) is 60.0 Å². The van der Waals surface area contributed by atoms with Crippen LogP contribution < -0.4 is 0 Å². The van der Waals surface area contributed by atoms with Gasteiger partial charge in [-0.05, 0) is 44.4 Å². The van der Waals surface area contributed by atoms with E-state index in [4.69, 9.17) is 9.40 Å². The first-order valence-corrected chi connectivity index (χ1v) is 10.5. The summed E-state index contributed by atoms with van der Waals surface area (Å²) in [7, 11) is -0.527. The molecule has 142 valence electrons. The van der Waals surface area contributed by atoms with Crippen molar-refractivity contribution in [3.63, 3.8) is 0 Å². The number of furan rings is 1. The molecule has 0 amide bonds. The number of sulfonamides is 1. The first-order valence-electron chi connectivity index (χ1n) is 9.09. The third-order valence-electron chi connectivity index (χ3n) is 5.11. The molecule has 0 spiro atoms. The molecule has 0 bridgehead atoms. The number of nitrogens with zero attached hydrogens (tertiary/aromatic N) is 4. The van der Waals surface area contributed by atoms with Crippen molar-refractivity contribution in [3.05, 3.63) is 29.5 Å². The Morgan fingerprint density at radius 3 is 2.81 bits per heavy atom. The molecular weight excluding hydrogens is 354 g/mol. The van der Waals surface area contributed by atoms with Crippen molar-refractivity contribution in [3.8, 4) is 0 Å². The van der Waals surface area contributed by atoms with Crippen molar-refractivity contribution in [2.24, 2.45) is 0 Å². The van der Waals surface area contributed by atoms with Crippen LogP contribution in [0, 0.1) is 0 Å². The predicted octanol–water partition coefficient (Wildman–Crippen LogP) is 1.90. The van der Waals surface area contributed by atoms with Crippen molar-refractivity contribution in [1.82, 2.24) is 24.4 Å². The summed E-state index contributed by atoms with van der Waals surface area (Å²) in [5, 5.41) is 7.51. The van der Waals surface area contributed by atoms with Gasteiger partial charge in [0.05, 0.1) is 6.54 Å². The fourth-order valence-electron chi connectivity index (χ4n) is 3.40. The van der Waals surface area contributed by atoms with Crippen LogP contribution in [0.15, 0.2) is 21.6 Å². The molecule has 1 atom stereocenters. The van der Waals surface area contributed by atoms with E-state index in [1.54, 1.807) is 6.07 Å². The standard InChI is InChI=1S/C17H25N5O3S/c1-21(2)26(23,24)15-8-7-14(25-15)11-22-9-3-4-13(10-22)17-18-16(19-20-17)12-5-6-12/h7-8,12-13H,3-6,9-11H2,1-2H3,(H,18,19,20). The fourth-order valence-corrected chi connectivity index (χ4v) is 4.21. The van der Waals surface area contributed by atoms with Crippen molar-refractivity contribution in [1.29, 1.82) is 0 Å². The highest BCUT2D eigenvalue weighted by Gasteiger charge is 2.30. The van der Waals surface area contributed by atoms with Crippen molar-refractivity contribution < 1.29 is 12.8 Å². The summed E-state index contributed by atoms with van der Waals surface area (Å²) in [4.78, 5) is 6.98. The zero-order valence-electron chi connectivity index (χ0n) is 15.2. The Morgan fingerprint density at radius 1 is 1.27 bits per heavy atom. The predicted molar refractivity (Wildman–Crippen MR) is 95.2 cm³/mol. The van der Waals surface area contributed by atoms with Gasteiger partial charge in [0.25, 0.3) is 10.0 Å². The van der Waals surface area contributed by atoms with Crippen LogP contribution in [0.25, 0.3) is 0 Å². The second-order valence-electron chi connectivity index (χ2n) is 7.44. The van der Waals surface area contributed by atoms with Crippen LogP contribution in [0.4, 0.5) is 0 Å². The Balaban J connectivity index is 1.41. The Labute approximate surface area is 153 Å². The van der Waals surface area contributed by atoms with Gasteiger partial charge >= 0.3 is 0 Å². The molecule has 1 aliphatic heterocycles.